The maximum atomic E-state index is 12.6. The van der Waals surface area contributed by atoms with Gasteiger partial charge in [0.05, 0.1) is 19.3 Å². The molecule has 1 heterocycles. The molecule has 2 amide bonds. The van der Waals surface area contributed by atoms with Gasteiger partial charge in [0.1, 0.15) is 6.04 Å². The predicted octanol–water partition coefficient (Wildman–Crippen LogP) is 5.44. The first-order valence-corrected chi connectivity index (χ1v) is 13.5. The minimum absolute atomic E-state index is 0.229. The minimum Gasteiger partial charge on any atom is -0.450 e. The van der Waals surface area contributed by atoms with Crippen LogP contribution in [0.25, 0.3) is 0 Å². The van der Waals surface area contributed by atoms with Crippen LogP contribution in [0.2, 0.25) is 0 Å². The standard InChI is InChI=1S/C26H50N2O5/c1-4-5-6-7-8-9-10-11-12-13-14-15-16-18-33-26(31)28-23(20-21(2)3)24(29)27-22-17-19-32-25(22)30/h21-23,25,30H,4-20H2,1-3H3,(H,27,29)(H,28,31)/t22-,23-,25?/m0/s1. The average Bonchev–Trinajstić information content (AvgIpc) is 3.17. The Hall–Kier alpha value is -1.34. The molecule has 0 spiro atoms. The van der Waals surface area contributed by atoms with Crippen LogP contribution in [0.3, 0.4) is 0 Å². The van der Waals surface area contributed by atoms with E-state index in [-0.39, 0.29) is 11.8 Å². The Balaban J connectivity index is 2.07. The third-order valence-corrected chi connectivity index (χ3v) is 6.19. The molecule has 0 saturated carbocycles. The van der Waals surface area contributed by atoms with Gasteiger partial charge in [-0.25, -0.2) is 4.79 Å². The van der Waals surface area contributed by atoms with Crippen LogP contribution in [0.5, 0.6) is 0 Å². The quantitative estimate of drug-likeness (QED) is 0.218. The molecule has 0 aromatic rings. The lowest BCUT2D eigenvalue weighted by molar-refractivity contribution is -0.127. The summed E-state index contributed by atoms with van der Waals surface area (Å²) in [6.07, 6.45) is 16.0. The number of aliphatic hydroxyl groups is 1. The summed E-state index contributed by atoms with van der Waals surface area (Å²) in [5.74, 6) is -0.0805. The molecule has 7 heteroatoms. The van der Waals surface area contributed by atoms with Gasteiger partial charge < -0.3 is 25.2 Å². The van der Waals surface area contributed by atoms with Gasteiger partial charge in [0.15, 0.2) is 6.29 Å². The maximum absolute atomic E-state index is 12.6. The summed E-state index contributed by atoms with van der Waals surface area (Å²) in [6, 6.07) is -1.12. The van der Waals surface area contributed by atoms with Gasteiger partial charge in [0.2, 0.25) is 5.91 Å². The van der Waals surface area contributed by atoms with Crippen molar-refractivity contribution in [2.75, 3.05) is 13.2 Å². The summed E-state index contributed by atoms with van der Waals surface area (Å²) in [5.41, 5.74) is 0. The number of nitrogens with one attached hydrogen (secondary N) is 2. The zero-order chi connectivity index (χ0) is 24.3. The number of aliphatic hydroxyl groups excluding tert-OH is 1. The van der Waals surface area contributed by atoms with Crippen LogP contribution in [0.1, 0.15) is 117 Å². The predicted molar refractivity (Wildman–Crippen MR) is 132 cm³/mol. The Morgan fingerprint density at radius 3 is 1.97 bits per heavy atom. The number of ether oxygens (including phenoxy) is 2. The molecule has 0 bridgehead atoms. The first kappa shape index (κ1) is 29.7. The smallest absolute Gasteiger partial charge is 0.407 e. The lowest BCUT2D eigenvalue weighted by atomic mass is 10.0. The fourth-order valence-corrected chi connectivity index (χ4v) is 4.17. The SMILES string of the molecule is CCCCCCCCCCCCCCCOC(=O)N[C@@H](CC(C)C)C(=O)N[C@H]1CCOC1O. The second-order valence-electron chi connectivity index (χ2n) is 9.87. The fraction of sp³-hybridized carbons (Fsp3) is 0.923. The van der Waals surface area contributed by atoms with Crippen LogP contribution in [0, 0.1) is 5.92 Å². The average molecular weight is 471 g/mol. The molecular weight excluding hydrogens is 420 g/mol. The highest BCUT2D eigenvalue weighted by Crippen LogP contribution is 2.14. The number of carbonyl (C=O) groups is 2. The topological polar surface area (TPSA) is 96.9 Å². The second-order valence-corrected chi connectivity index (χ2v) is 9.87. The van der Waals surface area contributed by atoms with Gasteiger partial charge in [-0.05, 0) is 25.2 Å². The van der Waals surface area contributed by atoms with Crippen LogP contribution in [0.4, 0.5) is 4.79 Å². The molecule has 3 atom stereocenters. The summed E-state index contributed by atoms with van der Waals surface area (Å²) < 4.78 is 10.4. The zero-order valence-electron chi connectivity index (χ0n) is 21.4. The lowest BCUT2D eigenvalue weighted by Crippen LogP contribution is -2.52. The molecular formula is C26H50N2O5. The van der Waals surface area contributed by atoms with Crippen LogP contribution in [0.15, 0.2) is 0 Å². The van der Waals surface area contributed by atoms with E-state index < -0.39 is 24.5 Å². The van der Waals surface area contributed by atoms with Crippen LogP contribution in [-0.4, -0.2) is 48.7 Å². The first-order chi connectivity index (χ1) is 15.9. The zero-order valence-corrected chi connectivity index (χ0v) is 21.4. The Bertz CT molecular complexity index is 515. The van der Waals surface area contributed by atoms with Gasteiger partial charge in [-0.2, -0.15) is 0 Å². The number of hydrogen-bond donors (Lipinski definition) is 3. The molecule has 0 radical (unpaired) electrons. The summed E-state index contributed by atoms with van der Waals surface area (Å²) in [4.78, 5) is 24.7. The number of unbranched alkanes of at least 4 members (excludes halogenated alkanes) is 12. The highest BCUT2D eigenvalue weighted by atomic mass is 16.6. The van der Waals surface area contributed by atoms with Crippen LogP contribution >= 0.6 is 0 Å². The summed E-state index contributed by atoms with van der Waals surface area (Å²) in [7, 11) is 0. The van der Waals surface area contributed by atoms with Gasteiger partial charge in [0.25, 0.3) is 0 Å². The van der Waals surface area contributed by atoms with Crippen LogP contribution < -0.4 is 10.6 Å². The molecule has 194 valence electrons. The number of amides is 2. The molecule has 1 aliphatic rings. The van der Waals surface area contributed by atoms with Crippen molar-refractivity contribution in [3.8, 4) is 0 Å². The van der Waals surface area contributed by atoms with Crippen molar-refractivity contribution < 1.29 is 24.2 Å². The van der Waals surface area contributed by atoms with Crippen LogP contribution in [-0.2, 0) is 14.3 Å². The van der Waals surface area contributed by atoms with Crippen molar-refractivity contribution in [2.24, 2.45) is 5.92 Å². The number of alkyl carbamates (subject to hydrolysis) is 1. The van der Waals surface area contributed by atoms with E-state index in [1.165, 1.54) is 70.6 Å². The minimum atomic E-state index is -0.990. The van der Waals surface area contributed by atoms with Gasteiger partial charge >= 0.3 is 6.09 Å². The van der Waals surface area contributed by atoms with E-state index in [4.69, 9.17) is 9.47 Å². The van der Waals surface area contributed by atoms with Gasteiger partial charge in [-0.15, -0.1) is 0 Å². The lowest BCUT2D eigenvalue weighted by Gasteiger charge is -2.23. The normalized spacial score (nSPS) is 18.9. The molecule has 1 saturated heterocycles. The van der Waals surface area contributed by atoms with E-state index in [1.807, 2.05) is 13.8 Å². The van der Waals surface area contributed by atoms with Crippen molar-refractivity contribution >= 4 is 12.0 Å². The summed E-state index contributed by atoms with van der Waals surface area (Å²) in [6.45, 7) is 7.03. The summed E-state index contributed by atoms with van der Waals surface area (Å²) in [5, 5.41) is 15.2. The molecule has 7 nitrogen and oxygen atoms in total. The van der Waals surface area contributed by atoms with E-state index in [1.54, 1.807) is 0 Å². The Morgan fingerprint density at radius 1 is 0.939 bits per heavy atom. The highest BCUT2D eigenvalue weighted by Gasteiger charge is 2.31. The number of hydrogen-bond acceptors (Lipinski definition) is 5. The molecule has 0 aliphatic carbocycles. The summed E-state index contributed by atoms with van der Waals surface area (Å²) >= 11 is 0. The van der Waals surface area contributed by atoms with Crippen molar-refractivity contribution in [3.63, 3.8) is 0 Å². The second kappa shape index (κ2) is 19.0. The van der Waals surface area contributed by atoms with E-state index in [0.29, 0.717) is 26.1 Å². The van der Waals surface area contributed by atoms with E-state index >= 15 is 0 Å². The third-order valence-electron chi connectivity index (χ3n) is 6.19. The maximum Gasteiger partial charge on any atom is 0.407 e. The molecule has 0 aromatic heterocycles. The van der Waals surface area contributed by atoms with E-state index in [9.17, 15) is 14.7 Å². The molecule has 3 N–H and O–H groups in total. The molecule has 0 aromatic carbocycles. The van der Waals surface area contributed by atoms with E-state index in [2.05, 4.69) is 17.6 Å². The van der Waals surface area contributed by atoms with E-state index in [0.717, 1.165) is 12.8 Å². The van der Waals surface area contributed by atoms with Crippen molar-refractivity contribution in [2.45, 2.75) is 135 Å². The third kappa shape index (κ3) is 15.2. The van der Waals surface area contributed by atoms with Gasteiger partial charge in [0, 0.05) is 0 Å². The van der Waals surface area contributed by atoms with Gasteiger partial charge in [-0.1, -0.05) is 97.8 Å². The van der Waals surface area contributed by atoms with Gasteiger partial charge in [-0.3, -0.25) is 4.79 Å². The fourth-order valence-electron chi connectivity index (χ4n) is 4.17. The Labute approximate surface area is 201 Å². The highest BCUT2D eigenvalue weighted by molar-refractivity contribution is 5.85. The first-order valence-electron chi connectivity index (χ1n) is 13.5. The number of carbonyl (C=O) groups excluding carboxylic acids is 2. The van der Waals surface area contributed by atoms with Crippen molar-refractivity contribution in [1.29, 1.82) is 0 Å². The van der Waals surface area contributed by atoms with Crippen molar-refractivity contribution in [3.05, 3.63) is 0 Å². The van der Waals surface area contributed by atoms with Crippen molar-refractivity contribution in [1.82, 2.24) is 10.6 Å². The Kier molecular flexibility index (Phi) is 17.1. The number of rotatable bonds is 19. The largest absolute Gasteiger partial charge is 0.450 e. The molecule has 1 rings (SSSR count). The molecule has 1 aliphatic heterocycles. The molecule has 1 unspecified atom stereocenters. The Morgan fingerprint density at radius 2 is 1.48 bits per heavy atom. The molecule has 33 heavy (non-hydrogen) atoms. The molecule has 1 fully saturated rings. The monoisotopic (exact) mass is 470 g/mol.